The van der Waals surface area contributed by atoms with Gasteiger partial charge in [0.15, 0.2) is 5.78 Å². The van der Waals surface area contributed by atoms with Gasteiger partial charge in [0, 0.05) is 30.9 Å². The van der Waals surface area contributed by atoms with Crippen LogP contribution in [0.25, 0.3) is 0 Å². The zero-order chi connectivity index (χ0) is 19.6. The van der Waals surface area contributed by atoms with E-state index in [1.807, 2.05) is 13.8 Å². The highest BCUT2D eigenvalue weighted by molar-refractivity contribution is 7.89. The number of hydrogen-bond acceptors (Lipinski definition) is 5. The number of aryl methyl sites for hydroxylation is 1. The van der Waals surface area contributed by atoms with Gasteiger partial charge in [-0.1, -0.05) is 0 Å². The van der Waals surface area contributed by atoms with E-state index in [9.17, 15) is 18.0 Å². The number of nitrogens with zero attached hydrogens (tertiary/aromatic N) is 1. The lowest BCUT2D eigenvalue weighted by Gasteiger charge is -2.34. The highest BCUT2D eigenvalue weighted by Gasteiger charge is 2.30. The Morgan fingerprint density at radius 2 is 1.81 bits per heavy atom. The van der Waals surface area contributed by atoms with E-state index >= 15 is 0 Å². The first-order valence-corrected chi connectivity index (χ1v) is 10.3. The van der Waals surface area contributed by atoms with Gasteiger partial charge in [-0.25, -0.2) is 8.42 Å². The number of Topliss-reactive ketones (excluding diaryl/α,β-unsaturated/α-hetero) is 1. The molecule has 0 saturated carbocycles. The zero-order valence-corrected chi connectivity index (χ0v) is 16.7. The highest BCUT2D eigenvalue weighted by Crippen LogP contribution is 2.18. The minimum atomic E-state index is -3.48. The van der Waals surface area contributed by atoms with E-state index in [0.717, 1.165) is 0 Å². The van der Waals surface area contributed by atoms with E-state index in [-0.39, 0.29) is 30.3 Å². The molecule has 2 N–H and O–H groups in total. The lowest BCUT2D eigenvalue weighted by molar-refractivity contribution is -0.0440. The zero-order valence-electron chi connectivity index (χ0n) is 15.9. The first-order valence-electron chi connectivity index (χ1n) is 8.64. The molecule has 146 valence electrons. The topological polar surface area (TPSA) is 109 Å². The molecule has 1 aromatic heterocycles. The van der Waals surface area contributed by atoms with Gasteiger partial charge in [0.2, 0.25) is 10.0 Å². The smallest absolute Gasteiger partial charge is 0.268 e. The molecule has 0 bridgehead atoms. The first-order chi connectivity index (χ1) is 12.0. The molecule has 1 amide bonds. The Balaban J connectivity index is 1.98. The van der Waals surface area contributed by atoms with E-state index in [1.54, 1.807) is 13.8 Å². The molecule has 8 nitrogen and oxygen atoms in total. The molecule has 2 atom stereocenters. The molecule has 26 heavy (non-hydrogen) atoms. The summed E-state index contributed by atoms with van der Waals surface area (Å²) in [4.78, 5) is 26.9. The van der Waals surface area contributed by atoms with Gasteiger partial charge in [-0.3, -0.25) is 9.59 Å². The van der Waals surface area contributed by atoms with Crippen molar-refractivity contribution in [2.24, 2.45) is 0 Å². The van der Waals surface area contributed by atoms with Gasteiger partial charge in [-0.15, -0.1) is 0 Å². The van der Waals surface area contributed by atoms with Crippen LogP contribution in [0.1, 0.15) is 52.9 Å². The summed E-state index contributed by atoms with van der Waals surface area (Å²) in [5.74, 6) is -0.721. The third-order valence-corrected chi connectivity index (χ3v) is 6.25. The summed E-state index contributed by atoms with van der Waals surface area (Å²) in [6.45, 7) is 9.17. The first kappa shape index (κ1) is 20.6. The number of carbonyl (C=O) groups is 2. The van der Waals surface area contributed by atoms with Gasteiger partial charge in [0.05, 0.1) is 18.0 Å². The van der Waals surface area contributed by atoms with Crippen LogP contribution in [0.4, 0.5) is 0 Å². The summed E-state index contributed by atoms with van der Waals surface area (Å²) in [7, 11) is -3.48. The van der Waals surface area contributed by atoms with Crippen molar-refractivity contribution >= 4 is 21.7 Å². The number of sulfonamides is 1. The number of morpholine rings is 1. The molecule has 0 aromatic carbocycles. The minimum absolute atomic E-state index is 0.00576. The molecule has 2 rings (SSSR count). The number of ether oxygens (including phenoxy) is 1. The average Bonchev–Trinajstić information content (AvgIpc) is 2.81. The van der Waals surface area contributed by atoms with Crippen molar-refractivity contribution in [1.82, 2.24) is 14.6 Å². The van der Waals surface area contributed by atoms with Crippen molar-refractivity contribution in [3.8, 4) is 0 Å². The van der Waals surface area contributed by atoms with E-state index < -0.39 is 15.9 Å². The minimum Gasteiger partial charge on any atom is -0.373 e. The maximum absolute atomic E-state index is 12.5. The fourth-order valence-electron chi connectivity index (χ4n) is 3.37. The third kappa shape index (κ3) is 4.52. The molecule has 1 saturated heterocycles. The van der Waals surface area contributed by atoms with Gasteiger partial charge < -0.3 is 15.0 Å². The maximum Gasteiger partial charge on any atom is 0.268 e. The third-order valence-electron chi connectivity index (χ3n) is 4.44. The molecule has 9 heteroatoms. The number of H-pyrrole nitrogens is 1. The van der Waals surface area contributed by atoms with Crippen LogP contribution in [-0.2, 0) is 14.8 Å². The Morgan fingerprint density at radius 3 is 2.31 bits per heavy atom. The molecule has 1 aromatic rings. The summed E-state index contributed by atoms with van der Waals surface area (Å²) in [5, 5.41) is 2.62. The predicted molar refractivity (Wildman–Crippen MR) is 98.0 cm³/mol. The second-order valence-corrected chi connectivity index (χ2v) is 8.92. The summed E-state index contributed by atoms with van der Waals surface area (Å²) < 4.78 is 31.9. The summed E-state index contributed by atoms with van der Waals surface area (Å²) in [6, 6.07) is 0. The number of rotatable bonds is 6. The molecule has 2 heterocycles. The van der Waals surface area contributed by atoms with Crippen molar-refractivity contribution < 1.29 is 22.7 Å². The molecular weight excluding hydrogens is 358 g/mol. The second kappa shape index (κ2) is 7.89. The van der Waals surface area contributed by atoms with Gasteiger partial charge in [0.1, 0.15) is 5.69 Å². The quantitative estimate of drug-likeness (QED) is 0.710. The largest absolute Gasteiger partial charge is 0.373 e. The summed E-state index contributed by atoms with van der Waals surface area (Å²) in [5.41, 5.74) is 1.99. The number of hydrogen-bond donors (Lipinski definition) is 2. The Kier molecular flexibility index (Phi) is 6.25. The summed E-state index contributed by atoms with van der Waals surface area (Å²) >= 11 is 0. The van der Waals surface area contributed by atoms with E-state index in [4.69, 9.17) is 4.74 Å². The number of amides is 1. The van der Waals surface area contributed by atoms with Gasteiger partial charge in [0.25, 0.3) is 5.91 Å². The second-order valence-electron chi connectivity index (χ2n) is 6.83. The van der Waals surface area contributed by atoms with Crippen LogP contribution in [-0.4, -0.2) is 67.0 Å². The molecular formula is C17H27N3O5S. The van der Waals surface area contributed by atoms with Crippen LogP contribution in [0.2, 0.25) is 0 Å². The van der Waals surface area contributed by atoms with E-state index in [2.05, 4.69) is 10.3 Å². The fraction of sp³-hybridized carbons (Fsp3) is 0.647. The fourth-order valence-corrected chi connectivity index (χ4v) is 4.87. The lowest BCUT2D eigenvalue weighted by Crippen LogP contribution is -2.49. The number of carbonyl (C=O) groups excluding carboxylic acids is 2. The van der Waals surface area contributed by atoms with Crippen molar-refractivity contribution in [2.45, 2.75) is 46.8 Å². The molecule has 0 radical (unpaired) electrons. The Bertz CT molecular complexity index is 790. The SMILES string of the molecule is CC(=O)c1c(C)[nH]c(C(=O)NCCS(=O)(=O)N2CC(C)OC(C)C2)c1C. The summed E-state index contributed by atoms with van der Waals surface area (Å²) in [6.07, 6.45) is -0.310. The van der Waals surface area contributed by atoms with Crippen LogP contribution in [0.3, 0.4) is 0 Å². The van der Waals surface area contributed by atoms with Crippen LogP contribution in [0.15, 0.2) is 0 Å². The maximum atomic E-state index is 12.5. The predicted octanol–water partition coefficient (Wildman–Crippen LogP) is 1.00. The van der Waals surface area contributed by atoms with E-state index in [1.165, 1.54) is 11.2 Å². The normalized spacial score (nSPS) is 21.6. The molecule has 0 aliphatic carbocycles. The monoisotopic (exact) mass is 385 g/mol. The van der Waals surface area contributed by atoms with Gasteiger partial charge in [-0.2, -0.15) is 4.31 Å². The van der Waals surface area contributed by atoms with Crippen LogP contribution in [0.5, 0.6) is 0 Å². The van der Waals surface area contributed by atoms with Crippen molar-refractivity contribution in [3.05, 3.63) is 22.5 Å². The number of aromatic nitrogens is 1. The number of aromatic amines is 1. The van der Waals surface area contributed by atoms with Crippen LogP contribution in [0, 0.1) is 13.8 Å². The van der Waals surface area contributed by atoms with Crippen molar-refractivity contribution in [2.75, 3.05) is 25.4 Å². The van der Waals surface area contributed by atoms with Crippen molar-refractivity contribution in [1.29, 1.82) is 0 Å². The highest BCUT2D eigenvalue weighted by atomic mass is 32.2. The Morgan fingerprint density at radius 1 is 1.23 bits per heavy atom. The van der Waals surface area contributed by atoms with Crippen molar-refractivity contribution in [3.63, 3.8) is 0 Å². The number of nitrogens with one attached hydrogen (secondary N) is 2. The van der Waals surface area contributed by atoms with Gasteiger partial charge in [-0.05, 0) is 40.2 Å². The van der Waals surface area contributed by atoms with Crippen LogP contribution >= 0.6 is 0 Å². The van der Waals surface area contributed by atoms with E-state index in [0.29, 0.717) is 35.6 Å². The average molecular weight is 385 g/mol. The van der Waals surface area contributed by atoms with Gasteiger partial charge >= 0.3 is 0 Å². The lowest BCUT2D eigenvalue weighted by atomic mass is 10.1. The Labute approximate surface area is 154 Å². The molecule has 1 fully saturated rings. The Hall–Kier alpha value is -1.71. The molecule has 0 spiro atoms. The van der Waals surface area contributed by atoms with Crippen LogP contribution < -0.4 is 5.32 Å². The molecule has 2 unspecified atom stereocenters. The molecule has 1 aliphatic rings. The molecule has 1 aliphatic heterocycles. The number of ketones is 1. The standard InChI is InChI=1S/C17H27N3O5S/c1-10-8-20(9-11(2)25-10)26(23,24)7-6-18-17(22)16-12(3)15(14(5)21)13(4)19-16/h10-11,19H,6-9H2,1-5H3,(H,18,22).